The largest absolute Gasteiger partial charge is 0.494 e. The lowest BCUT2D eigenvalue weighted by atomic mass is 9.77. The first-order valence-corrected chi connectivity index (χ1v) is 9.92. The average Bonchev–Trinajstić information content (AvgIpc) is 3.01. The van der Waals surface area contributed by atoms with Crippen LogP contribution < -0.4 is 4.74 Å². The van der Waals surface area contributed by atoms with Gasteiger partial charge in [-0.1, -0.05) is 12.1 Å². The van der Waals surface area contributed by atoms with E-state index in [4.69, 9.17) is 9.72 Å². The van der Waals surface area contributed by atoms with Gasteiger partial charge in [-0.25, -0.2) is 9.97 Å². The molecule has 1 saturated heterocycles. The SMILES string of the molecule is CCOc1ccc(CC(=O)N2CCCC3(CCc4cnc(C)nc43)C2)cc1. The molecule has 142 valence electrons. The van der Waals surface area contributed by atoms with Gasteiger partial charge >= 0.3 is 0 Å². The van der Waals surface area contributed by atoms with E-state index >= 15 is 0 Å². The van der Waals surface area contributed by atoms with Crippen LogP contribution >= 0.6 is 0 Å². The van der Waals surface area contributed by atoms with E-state index < -0.39 is 0 Å². The summed E-state index contributed by atoms with van der Waals surface area (Å²) in [5, 5.41) is 0. The number of hydrogen-bond donors (Lipinski definition) is 0. The van der Waals surface area contributed by atoms with Gasteiger partial charge in [0.05, 0.1) is 18.7 Å². The molecule has 2 aliphatic rings. The summed E-state index contributed by atoms with van der Waals surface area (Å²) in [5.74, 6) is 1.88. The number of aromatic nitrogens is 2. The third-order valence-electron chi connectivity index (χ3n) is 5.88. The number of carbonyl (C=O) groups excluding carboxylic acids is 1. The molecule has 0 N–H and O–H groups in total. The minimum Gasteiger partial charge on any atom is -0.494 e. The minimum absolute atomic E-state index is 0.0236. The third-order valence-corrected chi connectivity index (χ3v) is 5.88. The first kappa shape index (κ1) is 18.0. The van der Waals surface area contributed by atoms with Crippen LogP contribution in [0, 0.1) is 6.92 Å². The summed E-state index contributed by atoms with van der Waals surface area (Å²) >= 11 is 0. The zero-order valence-electron chi connectivity index (χ0n) is 16.2. The molecule has 1 aromatic heterocycles. The molecular weight excluding hydrogens is 338 g/mol. The van der Waals surface area contributed by atoms with E-state index in [1.165, 1.54) is 11.3 Å². The van der Waals surface area contributed by atoms with Crippen LogP contribution in [0.25, 0.3) is 0 Å². The van der Waals surface area contributed by atoms with E-state index in [2.05, 4.69) is 4.98 Å². The molecule has 1 atom stereocenters. The predicted octanol–water partition coefficient (Wildman–Crippen LogP) is 3.23. The number of aryl methyl sites for hydroxylation is 2. The molecule has 1 fully saturated rings. The van der Waals surface area contributed by atoms with Gasteiger partial charge in [0.1, 0.15) is 11.6 Å². The topological polar surface area (TPSA) is 55.3 Å². The highest BCUT2D eigenvalue weighted by atomic mass is 16.5. The number of fused-ring (bicyclic) bond motifs is 2. The lowest BCUT2D eigenvalue weighted by molar-refractivity contribution is -0.132. The summed E-state index contributed by atoms with van der Waals surface area (Å²) in [6.45, 7) is 6.20. The van der Waals surface area contributed by atoms with Gasteiger partial charge in [0, 0.05) is 24.7 Å². The number of ether oxygens (including phenoxy) is 1. The Bertz CT molecular complexity index is 830. The molecular formula is C22H27N3O2. The minimum atomic E-state index is 0.0236. The Morgan fingerprint density at radius 2 is 2.07 bits per heavy atom. The number of rotatable bonds is 4. The van der Waals surface area contributed by atoms with Crippen molar-refractivity contribution in [2.75, 3.05) is 19.7 Å². The summed E-state index contributed by atoms with van der Waals surface area (Å²) in [5.41, 5.74) is 3.51. The van der Waals surface area contributed by atoms with Crippen LogP contribution in [-0.2, 0) is 23.1 Å². The Morgan fingerprint density at radius 3 is 2.85 bits per heavy atom. The lowest BCUT2D eigenvalue weighted by Crippen LogP contribution is -2.48. The van der Waals surface area contributed by atoms with Gasteiger partial charge in [-0.3, -0.25) is 4.79 Å². The van der Waals surface area contributed by atoms with E-state index in [0.29, 0.717) is 13.0 Å². The fraction of sp³-hybridized carbons (Fsp3) is 0.500. The molecule has 1 aromatic carbocycles. The van der Waals surface area contributed by atoms with Crippen LogP contribution in [0.1, 0.15) is 48.8 Å². The van der Waals surface area contributed by atoms with Gasteiger partial charge < -0.3 is 9.64 Å². The summed E-state index contributed by atoms with van der Waals surface area (Å²) < 4.78 is 5.48. The predicted molar refractivity (Wildman–Crippen MR) is 104 cm³/mol. The Morgan fingerprint density at radius 1 is 1.26 bits per heavy atom. The van der Waals surface area contributed by atoms with E-state index in [0.717, 1.165) is 55.9 Å². The molecule has 27 heavy (non-hydrogen) atoms. The molecule has 1 amide bonds. The summed E-state index contributed by atoms with van der Waals surface area (Å²) in [6.07, 6.45) is 6.68. The van der Waals surface area contributed by atoms with Gasteiger partial charge in [-0.2, -0.15) is 0 Å². The van der Waals surface area contributed by atoms with Gasteiger partial charge in [0.15, 0.2) is 0 Å². The highest BCUT2D eigenvalue weighted by molar-refractivity contribution is 5.79. The second-order valence-corrected chi connectivity index (χ2v) is 7.74. The zero-order valence-corrected chi connectivity index (χ0v) is 16.2. The maximum atomic E-state index is 13.0. The van der Waals surface area contributed by atoms with E-state index in [1.54, 1.807) is 0 Å². The van der Waals surface area contributed by atoms with Crippen molar-refractivity contribution in [3.63, 3.8) is 0 Å². The second-order valence-electron chi connectivity index (χ2n) is 7.74. The maximum Gasteiger partial charge on any atom is 0.227 e. The van der Waals surface area contributed by atoms with Crippen LogP contribution in [0.3, 0.4) is 0 Å². The summed E-state index contributed by atoms with van der Waals surface area (Å²) in [6, 6.07) is 7.86. The van der Waals surface area contributed by atoms with Crippen molar-refractivity contribution in [2.45, 2.75) is 51.4 Å². The van der Waals surface area contributed by atoms with Gasteiger partial charge in [0.25, 0.3) is 0 Å². The molecule has 1 aliphatic carbocycles. The Balaban J connectivity index is 1.47. The van der Waals surface area contributed by atoms with Crippen LogP contribution in [0.2, 0.25) is 0 Å². The number of carbonyl (C=O) groups is 1. The fourth-order valence-electron chi connectivity index (χ4n) is 4.53. The average molecular weight is 365 g/mol. The molecule has 1 aliphatic heterocycles. The molecule has 0 saturated carbocycles. The van der Waals surface area contributed by atoms with Crippen molar-refractivity contribution in [1.29, 1.82) is 0 Å². The molecule has 2 aromatic rings. The van der Waals surface area contributed by atoms with Crippen molar-refractivity contribution < 1.29 is 9.53 Å². The smallest absolute Gasteiger partial charge is 0.227 e. The number of nitrogens with zero attached hydrogens (tertiary/aromatic N) is 3. The highest BCUT2D eigenvalue weighted by Gasteiger charge is 2.44. The first-order valence-electron chi connectivity index (χ1n) is 9.92. The van der Waals surface area contributed by atoms with Crippen molar-refractivity contribution in [1.82, 2.24) is 14.9 Å². The molecule has 0 bridgehead atoms. The number of benzene rings is 1. The number of hydrogen-bond acceptors (Lipinski definition) is 4. The Labute approximate surface area is 160 Å². The van der Waals surface area contributed by atoms with Gasteiger partial charge in [0.2, 0.25) is 5.91 Å². The molecule has 4 rings (SSSR count). The highest BCUT2D eigenvalue weighted by Crippen LogP contribution is 2.43. The van der Waals surface area contributed by atoms with Gasteiger partial charge in [-0.05, 0) is 62.8 Å². The molecule has 1 unspecified atom stereocenters. The Kier molecular flexibility index (Phi) is 4.85. The maximum absolute atomic E-state index is 13.0. The monoisotopic (exact) mass is 365 g/mol. The molecule has 2 heterocycles. The summed E-state index contributed by atoms with van der Waals surface area (Å²) in [4.78, 5) is 24.1. The lowest BCUT2D eigenvalue weighted by Gasteiger charge is -2.40. The van der Waals surface area contributed by atoms with Crippen molar-refractivity contribution in [2.24, 2.45) is 0 Å². The Hall–Kier alpha value is -2.43. The van der Waals surface area contributed by atoms with Gasteiger partial charge in [-0.15, -0.1) is 0 Å². The van der Waals surface area contributed by atoms with E-state index in [-0.39, 0.29) is 11.3 Å². The quantitative estimate of drug-likeness (QED) is 0.835. The van der Waals surface area contributed by atoms with Crippen molar-refractivity contribution in [3.05, 3.63) is 53.1 Å². The van der Waals surface area contributed by atoms with Crippen molar-refractivity contribution >= 4 is 5.91 Å². The van der Waals surface area contributed by atoms with E-state index in [1.807, 2.05) is 49.2 Å². The van der Waals surface area contributed by atoms with Crippen LogP contribution in [0.4, 0.5) is 0 Å². The fourth-order valence-corrected chi connectivity index (χ4v) is 4.53. The number of likely N-dealkylation sites (tertiary alicyclic amines) is 1. The summed E-state index contributed by atoms with van der Waals surface area (Å²) in [7, 11) is 0. The molecule has 5 nitrogen and oxygen atoms in total. The molecule has 0 radical (unpaired) electrons. The first-order chi connectivity index (χ1) is 13.1. The van der Waals surface area contributed by atoms with Crippen LogP contribution in [0.5, 0.6) is 5.75 Å². The normalized spacial score (nSPS) is 21.3. The van der Waals surface area contributed by atoms with Crippen molar-refractivity contribution in [3.8, 4) is 5.75 Å². The molecule has 1 spiro atoms. The zero-order chi connectivity index (χ0) is 18.9. The second kappa shape index (κ2) is 7.29. The van der Waals surface area contributed by atoms with E-state index in [9.17, 15) is 4.79 Å². The standard InChI is InChI=1S/C22H27N3O2/c1-3-27-19-7-5-17(6-8-19)13-20(26)25-12-4-10-22(15-25)11-9-18-14-23-16(2)24-21(18)22/h5-8,14H,3-4,9-13,15H2,1-2H3. The number of piperidine rings is 1. The number of amides is 1. The van der Waals surface area contributed by atoms with Crippen LogP contribution in [-0.4, -0.2) is 40.5 Å². The molecule has 5 heteroatoms. The van der Waals surface area contributed by atoms with Crippen LogP contribution in [0.15, 0.2) is 30.5 Å². The third kappa shape index (κ3) is 3.55.